The van der Waals surface area contributed by atoms with Crippen LogP contribution >= 0.6 is 27.3 Å². The quantitative estimate of drug-likeness (QED) is 0.853. The van der Waals surface area contributed by atoms with E-state index in [0.29, 0.717) is 5.13 Å². The number of hydrogen-bond acceptors (Lipinski definition) is 4. The number of rotatable bonds is 4. The molecule has 0 aliphatic heterocycles. The molecule has 0 spiro atoms. The van der Waals surface area contributed by atoms with Crippen LogP contribution in [0.1, 0.15) is 17.8 Å². The highest BCUT2D eigenvalue weighted by molar-refractivity contribution is 9.09. The van der Waals surface area contributed by atoms with Gasteiger partial charge in [-0.1, -0.05) is 27.3 Å². The maximum absolute atomic E-state index is 11.4. The van der Waals surface area contributed by atoms with E-state index < -0.39 is 0 Å². The Morgan fingerprint density at radius 3 is 3.00 bits per heavy atom. The third-order valence-electron chi connectivity index (χ3n) is 1.95. The monoisotopic (exact) mass is 275 g/mol. The van der Waals surface area contributed by atoms with Crippen LogP contribution in [0.2, 0.25) is 0 Å². The summed E-state index contributed by atoms with van der Waals surface area (Å²) in [7, 11) is 0. The van der Waals surface area contributed by atoms with Crippen LogP contribution in [0, 0.1) is 5.92 Å². The number of anilines is 1. The number of carbonyl (C=O) groups is 1. The second-order valence-corrected chi connectivity index (χ2v) is 5.06. The van der Waals surface area contributed by atoms with Crippen molar-refractivity contribution in [1.82, 2.24) is 10.2 Å². The van der Waals surface area contributed by atoms with Crippen molar-refractivity contribution in [3.05, 3.63) is 5.01 Å². The molecular formula is C8H10BrN3OS. The molecule has 0 radical (unpaired) electrons. The van der Waals surface area contributed by atoms with Crippen molar-refractivity contribution in [2.75, 3.05) is 10.6 Å². The van der Waals surface area contributed by atoms with E-state index in [4.69, 9.17) is 0 Å². The fourth-order valence-electron chi connectivity index (χ4n) is 1.04. The first kappa shape index (κ1) is 10.0. The summed E-state index contributed by atoms with van der Waals surface area (Å²) in [5.41, 5.74) is 0. The Morgan fingerprint density at radius 2 is 2.36 bits per heavy atom. The maximum atomic E-state index is 11.4. The van der Waals surface area contributed by atoms with Gasteiger partial charge in [-0.15, -0.1) is 10.2 Å². The normalized spacial score (nSPS) is 15.5. The van der Waals surface area contributed by atoms with Crippen molar-refractivity contribution in [1.29, 1.82) is 0 Å². The molecule has 1 aromatic heterocycles. The molecular weight excluding hydrogens is 266 g/mol. The molecule has 0 aromatic carbocycles. The Bertz CT molecular complexity index is 337. The molecule has 1 aliphatic rings. The number of halogens is 1. The Balaban J connectivity index is 1.91. The lowest BCUT2D eigenvalue weighted by Crippen LogP contribution is -2.12. The van der Waals surface area contributed by atoms with Crippen LogP contribution in [0.5, 0.6) is 0 Å². The molecule has 4 nitrogen and oxygen atoms in total. The van der Waals surface area contributed by atoms with Crippen molar-refractivity contribution in [2.24, 2.45) is 5.92 Å². The summed E-state index contributed by atoms with van der Waals surface area (Å²) in [6, 6.07) is 0. The van der Waals surface area contributed by atoms with Gasteiger partial charge in [-0.2, -0.15) is 0 Å². The molecule has 1 aromatic rings. The predicted octanol–water partition coefficient (Wildman–Crippen LogP) is 1.82. The van der Waals surface area contributed by atoms with E-state index >= 15 is 0 Å². The summed E-state index contributed by atoms with van der Waals surface area (Å²) >= 11 is 4.78. The number of aryl methyl sites for hydroxylation is 1. The van der Waals surface area contributed by atoms with Crippen molar-refractivity contribution >= 4 is 38.3 Å². The lowest BCUT2D eigenvalue weighted by molar-refractivity contribution is -0.117. The highest BCUT2D eigenvalue weighted by Crippen LogP contribution is 2.30. The first-order valence-electron chi connectivity index (χ1n) is 4.49. The van der Waals surface area contributed by atoms with Crippen molar-refractivity contribution in [3.63, 3.8) is 0 Å². The molecule has 1 N–H and O–H groups in total. The van der Waals surface area contributed by atoms with Crippen LogP contribution in [0.4, 0.5) is 5.13 Å². The molecule has 14 heavy (non-hydrogen) atoms. The summed E-state index contributed by atoms with van der Waals surface area (Å²) < 4.78 is 0. The topological polar surface area (TPSA) is 54.9 Å². The smallest absolute Gasteiger partial charge is 0.229 e. The van der Waals surface area contributed by atoms with Crippen LogP contribution in [-0.2, 0) is 11.2 Å². The molecule has 1 amide bonds. The fraction of sp³-hybridized carbons (Fsp3) is 0.625. The van der Waals surface area contributed by atoms with Crippen LogP contribution in [0.15, 0.2) is 0 Å². The Labute approximate surface area is 94.2 Å². The van der Waals surface area contributed by atoms with Gasteiger partial charge in [0.1, 0.15) is 5.01 Å². The zero-order chi connectivity index (χ0) is 9.97. The first-order valence-corrected chi connectivity index (χ1v) is 6.42. The van der Waals surface area contributed by atoms with Crippen molar-refractivity contribution in [2.45, 2.75) is 19.3 Å². The minimum Gasteiger partial charge on any atom is -0.300 e. The molecule has 76 valence electrons. The number of carbonyl (C=O) groups excluding carboxylic acids is 1. The molecule has 0 saturated heterocycles. The van der Waals surface area contributed by atoms with Gasteiger partial charge in [0.15, 0.2) is 0 Å². The number of amides is 1. The van der Waals surface area contributed by atoms with Crippen LogP contribution in [-0.4, -0.2) is 21.4 Å². The molecule has 1 fully saturated rings. The minimum absolute atomic E-state index is 0.0894. The van der Waals surface area contributed by atoms with Crippen LogP contribution < -0.4 is 5.32 Å². The van der Waals surface area contributed by atoms with Gasteiger partial charge in [0.05, 0.1) is 0 Å². The highest BCUT2D eigenvalue weighted by Gasteiger charge is 2.30. The average Bonchev–Trinajstić information content (AvgIpc) is 2.92. The Hall–Kier alpha value is -0.490. The van der Waals surface area contributed by atoms with Gasteiger partial charge in [-0.05, 0) is 12.8 Å². The average molecular weight is 276 g/mol. The van der Waals surface area contributed by atoms with Gasteiger partial charge in [-0.25, -0.2) is 0 Å². The summed E-state index contributed by atoms with van der Waals surface area (Å²) in [6.45, 7) is 0. The second kappa shape index (κ2) is 4.35. The number of aromatic nitrogens is 2. The van der Waals surface area contributed by atoms with E-state index in [-0.39, 0.29) is 11.8 Å². The van der Waals surface area contributed by atoms with E-state index in [1.165, 1.54) is 11.3 Å². The molecule has 0 atom stereocenters. The number of hydrogen-bond donors (Lipinski definition) is 1. The largest absolute Gasteiger partial charge is 0.300 e. The van der Waals surface area contributed by atoms with Crippen LogP contribution in [0.3, 0.4) is 0 Å². The molecule has 1 aliphatic carbocycles. The number of nitrogens with zero attached hydrogens (tertiary/aromatic N) is 2. The zero-order valence-corrected chi connectivity index (χ0v) is 9.90. The third-order valence-corrected chi connectivity index (χ3v) is 3.25. The third kappa shape index (κ3) is 2.51. The number of nitrogens with one attached hydrogen (secondary N) is 1. The summed E-state index contributed by atoms with van der Waals surface area (Å²) in [5.74, 6) is 0.310. The summed E-state index contributed by atoms with van der Waals surface area (Å²) in [6.07, 6.45) is 2.88. The molecule has 0 bridgehead atoms. The lowest BCUT2D eigenvalue weighted by atomic mass is 10.4. The van der Waals surface area contributed by atoms with E-state index in [2.05, 4.69) is 31.4 Å². The standard InChI is InChI=1S/C8H10BrN3OS/c9-4-3-6-11-12-8(14-6)10-7(13)5-1-2-5/h5H,1-4H2,(H,10,12,13). The molecule has 6 heteroatoms. The van der Waals surface area contributed by atoms with Gasteiger partial charge in [0, 0.05) is 17.7 Å². The van der Waals surface area contributed by atoms with Gasteiger partial charge >= 0.3 is 0 Å². The van der Waals surface area contributed by atoms with Crippen molar-refractivity contribution in [3.8, 4) is 0 Å². The summed E-state index contributed by atoms with van der Waals surface area (Å²) in [4.78, 5) is 11.4. The second-order valence-electron chi connectivity index (χ2n) is 3.20. The van der Waals surface area contributed by atoms with E-state index in [9.17, 15) is 4.79 Å². The Kier molecular flexibility index (Phi) is 3.12. The van der Waals surface area contributed by atoms with Crippen molar-refractivity contribution < 1.29 is 4.79 Å². The van der Waals surface area contributed by atoms with E-state index in [1.807, 2.05) is 0 Å². The summed E-state index contributed by atoms with van der Waals surface area (Å²) in [5, 5.41) is 13.1. The molecule has 1 saturated carbocycles. The molecule has 2 rings (SSSR count). The molecule has 0 unspecified atom stereocenters. The number of alkyl halides is 1. The van der Waals surface area contributed by atoms with Crippen LogP contribution in [0.25, 0.3) is 0 Å². The van der Waals surface area contributed by atoms with Gasteiger partial charge in [0.2, 0.25) is 11.0 Å². The highest BCUT2D eigenvalue weighted by atomic mass is 79.9. The minimum atomic E-state index is 0.0894. The fourth-order valence-corrected chi connectivity index (χ4v) is 2.42. The van der Waals surface area contributed by atoms with Gasteiger partial charge in [0.25, 0.3) is 0 Å². The zero-order valence-electron chi connectivity index (χ0n) is 7.49. The molecule has 1 heterocycles. The Morgan fingerprint density at radius 1 is 1.57 bits per heavy atom. The van der Waals surface area contributed by atoms with E-state index in [0.717, 1.165) is 29.6 Å². The predicted molar refractivity (Wildman–Crippen MR) is 58.8 cm³/mol. The van der Waals surface area contributed by atoms with Gasteiger partial charge in [-0.3, -0.25) is 4.79 Å². The SMILES string of the molecule is O=C(Nc1nnc(CCBr)s1)C1CC1. The van der Waals surface area contributed by atoms with E-state index in [1.54, 1.807) is 0 Å². The first-order chi connectivity index (χ1) is 6.79. The van der Waals surface area contributed by atoms with Gasteiger partial charge < -0.3 is 5.32 Å². The maximum Gasteiger partial charge on any atom is 0.229 e. The lowest BCUT2D eigenvalue weighted by Gasteiger charge is -1.95.